The topological polar surface area (TPSA) is 55.4 Å². The molecule has 0 saturated heterocycles. The third-order valence-corrected chi connectivity index (χ3v) is 4.48. The minimum atomic E-state index is -3.70. The normalized spacial score (nSPS) is 12.6. The number of rotatable bonds is 3. The Bertz CT molecular complexity index is 552. The van der Waals surface area contributed by atoms with E-state index in [1.54, 1.807) is 26.8 Å². The Morgan fingerprint density at radius 3 is 2.33 bits per heavy atom. The molecule has 0 heterocycles. The molecule has 0 spiro atoms. The van der Waals surface area contributed by atoms with E-state index in [0.717, 1.165) is 0 Å². The standard InChI is InChI=1S/C11H15BrClNO3S/c1-11(2,3)14-18(15,16)9-6-7(13)5-8(12)10(9)17-4/h5-6,14H,1-4H3. The zero-order valence-corrected chi connectivity index (χ0v) is 13.7. The van der Waals surface area contributed by atoms with Crippen LogP contribution in [0.15, 0.2) is 21.5 Å². The molecule has 1 N–H and O–H groups in total. The first-order chi connectivity index (χ1) is 8.07. The largest absolute Gasteiger partial charge is 0.494 e. The van der Waals surface area contributed by atoms with Gasteiger partial charge in [-0.15, -0.1) is 0 Å². The van der Waals surface area contributed by atoms with E-state index >= 15 is 0 Å². The van der Waals surface area contributed by atoms with Gasteiger partial charge in [-0.3, -0.25) is 0 Å². The number of ether oxygens (including phenoxy) is 1. The first-order valence-corrected chi connectivity index (χ1v) is 7.79. The monoisotopic (exact) mass is 355 g/mol. The average molecular weight is 357 g/mol. The second-order valence-corrected chi connectivity index (χ2v) is 7.72. The molecular weight excluding hydrogens is 342 g/mol. The van der Waals surface area contributed by atoms with Crippen molar-refractivity contribution in [2.75, 3.05) is 7.11 Å². The van der Waals surface area contributed by atoms with Gasteiger partial charge < -0.3 is 4.74 Å². The van der Waals surface area contributed by atoms with Gasteiger partial charge >= 0.3 is 0 Å². The number of hydrogen-bond acceptors (Lipinski definition) is 3. The zero-order valence-electron chi connectivity index (χ0n) is 10.5. The van der Waals surface area contributed by atoms with Crippen molar-refractivity contribution in [2.45, 2.75) is 31.2 Å². The van der Waals surface area contributed by atoms with Crippen molar-refractivity contribution in [3.63, 3.8) is 0 Å². The van der Waals surface area contributed by atoms with Crippen LogP contribution in [-0.4, -0.2) is 21.1 Å². The van der Waals surface area contributed by atoms with E-state index in [4.69, 9.17) is 16.3 Å². The predicted octanol–water partition coefficient (Wildman–Crippen LogP) is 3.19. The van der Waals surface area contributed by atoms with Crippen LogP contribution >= 0.6 is 27.5 Å². The van der Waals surface area contributed by atoms with Crippen LogP contribution in [0.5, 0.6) is 5.75 Å². The van der Waals surface area contributed by atoms with Crippen LogP contribution in [0.1, 0.15) is 20.8 Å². The molecule has 0 atom stereocenters. The van der Waals surface area contributed by atoms with Gasteiger partial charge in [0.05, 0.1) is 11.6 Å². The van der Waals surface area contributed by atoms with Crippen molar-refractivity contribution in [3.8, 4) is 5.75 Å². The summed E-state index contributed by atoms with van der Waals surface area (Å²) in [7, 11) is -2.29. The molecule has 7 heteroatoms. The molecule has 102 valence electrons. The predicted molar refractivity (Wildman–Crippen MR) is 75.8 cm³/mol. The van der Waals surface area contributed by atoms with E-state index in [9.17, 15) is 8.42 Å². The molecule has 0 bridgehead atoms. The summed E-state index contributed by atoms with van der Waals surface area (Å²) in [6.07, 6.45) is 0. The molecule has 4 nitrogen and oxygen atoms in total. The Morgan fingerprint density at radius 1 is 1.33 bits per heavy atom. The van der Waals surface area contributed by atoms with Gasteiger partial charge in [0.15, 0.2) is 5.75 Å². The molecule has 0 unspecified atom stereocenters. The van der Waals surface area contributed by atoms with Crippen LogP contribution in [0, 0.1) is 0 Å². The van der Waals surface area contributed by atoms with Crippen molar-refractivity contribution in [1.82, 2.24) is 4.72 Å². The maximum Gasteiger partial charge on any atom is 0.244 e. The van der Waals surface area contributed by atoms with Gasteiger partial charge in [0, 0.05) is 10.6 Å². The van der Waals surface area contributed by atoms with Gasteiger partial charge in [-0.2, -0.15) is 0 Å². The fourth-order valence-electron chi connectivity index (χ4n) is 1.39. The zero-order chi connectivity index (χ0) is 14.1. The molecule has 1 aromatic carbocycles. The summed E-state index contributed by atoms with van der Waals surface area (Å²) in [5, 5.41) is 0.317. The van der Waals surface area contributed by atoms with E-state index < -0.39 is 15.6 Å². The van der Waals surface area contributed by atoms with Gasteiger partial charge in [0.2, 0.25) is 10.0 Å². The maximum absolute atomic E-state index is 12.3. The summed E-state index contributed by atoms with van der Waals surface area (Å²) >= 11 is 9.11. The summed E-state index contributed by atoms with van der Waals surface area (Å²) in [6, 6.07) is 2.94. The van der Waals surface area contributed by atoms with Crippen molar-refractivity contribution < 1.29 is 13.2 Å². The molecule has 0 fully saturated rings. The Balaban J connectivity index is 3.41. The third-order valence-electron chi connectivity index (χ3n) is 1.91. The van der Waals surface area contributed by atoms with Crippen molar-refractivity contribution >= 4 is 37.6 Å². The van der Waals surface area contributed by atoms with Crippen molar-refractivity contribution in [1.29, 1.82) is 0 Å². The molecule has 0 aliphatic heterocycles. The number of halogens is 2. The van der Waals surface area contributed by atoms with E-state index in [1.165, 1.54) is 13.2 Å². The van der Waals surface area contributed by atoms with E-state index in [1.807, 2.05) is 0 Å². The summed E-state index contributed by atoms with van der Waals surface area (Å²) in [5.74, 6) is 0.233. The van der Waals surface area contributed by atoms with Crippen molar-refractivity contribution in [3.05, 3.63) is 21.6 Å². The summed E-state index contributed by atoms with van der Waals surface area (Å²) in [6.45, 7) is 5.28. The Hall–Kier alpha value is -0.300. The maximum atomic E-state index is 12.3. The molecule has 1 rings (SSSR count). The lowest BCUT2D eigenvalue weighted by molar-refractivity contribution is 0.398. The number of sulfonamides is 1. The van der Waals surface area contributed by atoms with Gasteiger partial charge in [0.25, 0.3) is 0 Å². The van der Waals surface area contributed by atoms with E-state index in [0.29, 0.717) is 9.50 Å². The number of benzene rings is 1. The highest BCUT2D eigenvalue weighted by atomic mass is 79.9. The minimum Gasteiger partial charge on any atom is -0.494 e. The summed E-state index contributed by atoms with van der Waals surface area (Å²) in [5.41, 5.74) is -0.585. The molecule has 0 aliphatic carbocycles. The second kappa shape index (κ2) is 5.36. The molecule has 0 radical (unpaired) electrons. The van der Waals surface area contributed by atoms with Gasteiger partial charge in [0.1, 0.15) is 4.90 Å². The fourth-order valence-corrected chi connectivity index (χ4v) is 4.20. The molecule has 18 heavy (non-hydrogen) atoms. The molecule has 1 aromatic rings. The van der Waals surface area contributed by atoms with Crippen molar-refractivity contribution in [2.24, 2.45) is 0 Å². The Labute approximate surface area is 121 Å². The van der Waals surface area contributed by atoms with Gasteiger partial charge in [-0.05, 0) is 48.8 Å². The van der Waals surface area contributed by atoms with Crippen LogP contribution in [0.2, 0.25) is 5.02 Å². The lowest BCUT2D eigenvalue weighted by atomic mass is 10.1. The smallest absolute Gasteiger partial charge is 0.244 e. The fraction of sp³-hybridized carbons (Fsp3) is 0.455. The first kappa shape index (κ1) is 15.8. The summed E-state index contributed by atoms with van der Waals surface area (Å²) < 4.78 is 32.7. The molecule has 0 aliphatic rings. The summed E-state index contributed by atoms with van der Waals surface area (Å²) in [4.78, 5) is 0.0132. The second-order valence-electron chi connectivity index (χ2n) is 4.77. The highest BCUT2D eigenvalue weighted by Gasteiger charge is 2.26. The quantitative estimate of drug-likeness (QED) is 0.905. The third kappa shape index (κ3) is 3.85. The molecular formula is C11H15BrClNO3S. The molecule has 0 aromatic heterocycles. The van der Waals surface area contributed by atoms with Crippen LogP contribution in [0.4, 0.5) is 0 Å². The van der Waals surface area contributed by atoms with Crippen LogP contribution in [0.25, 0.3) is 0 Å². The van der Waals surface area contributed by atoms with Gasteiger partial charge in [-0.25, -0.2) is 13.1 Å². The SMILES string of the molecule is COc1c(Br)cc(Cl)cc1S(=O)(=O)NC(C)(C)C. The number of hydrogen-bond donors (Lipinski definition) is 1. The molecule has 0 saturated carbocycles. The van der Waals surface area contributed by atoms with Crippen LogP contribution in [0.3, 0.4) is 0 Å². The highest BCUT2D eigenvalue weighted by molar-refractivity contribution is 9.10. The Morgan fingerprint density at radius 2 is 1.89 bits per heavy atom. The van der Waals surface area contributed by atoms with Crippen LogP contribution in [-0.2, 0) is 10.0 Å². The lowest BCUT2D eigenvalue weighted by Gasteiger charge is -2.21. The molecule has 0 amide bonds. The Kier molecular flexibility index (Phi) is 4.70. The average Bonchev–Trinajstić information content (AvgIpc) is 2.12. The minimum absolute atomic E-state index is 0.0132. The first-order valence-electron chi connectivity index (χ1n) is 5.14. The lowest BCUT2D eigenvalue weighted by Crippen LogP contribution is -2.40. The number of nitrogens with one attached hydrogen (secondary N) is 1. The van der Waals surface area contributed by atoms with Gasteiger partial charge in [-0.1, -0.05) is 11.6 Å². The number of methoxy groups -OCH3 is 1. The van der Waals surface area contributed by atoms with Crippen LogP contribution < -0.4 is 9.46 Å². The highest BCUT2D eigenvalue weighted by Crippen LogP contribution is 2.35. The van der Waals surface area contributed by atoms with E-state index in [-0.39, 0.29) is 10.6 Å². The van der Waals surface area contributed by atoms with E-state index in [2.05, 4.69) is 20.7 Å².